The highest BCUT2D eigenvalue weighted by Gasteiger charge is 2.04. The molecule has 3 rings (SSSR count). The number of thioether (sulfide) groups is 1. The van der Waals surface area contributed by atoms with Crippen molar-refractivity contribution in [3.05, 3.63) is 90.2 Å². The number of halogens is 1. The molecule has 126 valence electrons. The highest BCUT2D eigenvalue weighted by molar-refractivity contribution is 7.98. The Balaban J connectivity index is 1.59. The van der Waals surface area contributed by atoms with Crippen molar-refractivity contribution in [3.8, 4) is 0 Å². The molecule has 0 aliphatic rings. The maximum atomic E-state index is 13.7. The molecule has 0 saturated carbocycles. The summed E-state index contributed by atoms with van der Waals surface area (Å²) in [6.07, 6.45) is 0. The van der Waals surface area contributed by atoms with E-state index in [-0.39, 0.29) is 5.82 Å². The van der Waals surface area contributed by atoms with Gasteiger partial charge in [0.15, 0.2) is 5.11 Å². The zero-order chi connectivity index (χ0) is 17.5. The molecule has 0 heterocycles. The average molecular weight is 369 g/mol. The van der Waals surface area contributed by atoms with E-state index in [1.54, 1.807) is 17.8 Å². The number of rotatable bonds is 5. The topological polar surface area (TPSA) is 24.1 Å². The van der Waals surface area contributed by atoms with Crippen molar-refractivity contribution >= 4 is 40.5 Å². The van der Waals surface area contributed by atoms with E-state index in [0.29, 0.717) is 16.4 Å². The summed E-state index contributed by atoms with van der Waals surface area (Å²) < 4.78 is 13.7. The number of hydrogen-bond acceptors (Lipinski definition) is 2. The fraction of sp³-hybridized carbons (Fsp3) is 0.0500. The first-order chi connectivity index (χ1) is 12.2. The third-order valence-corrected chi connectivity index (χ3v) is 4.72. The van der Waals surface area contributed by atoms with Crippen LogP contribution in [0.15, 0.2) is 83.8 Å². The van der Waals surface area contributed by atoms with Crippen molar-refractivity contribution in [2.45, 2.75) is 10.6 Å². The second-order valence-electron chi connectivity index (χ2n) is 5.35. The molecule has 0 aliphatic heterocycles. The van der Waals surface area contributed by atoms with Crippen LogP contribution in [-0.4, -0.2) is 5.11 Å². The van der Waals surface area contributed by atoms with Gasteiger partial charge in [-0.05, 0) is 54.2 Å². The molecule has 0 atom stereocenters. The molecule has 0 fully saturated rings. The highest BCUT2D eigenvalue weighted by atomic mass is 32.2. The van der Waals surface area contributed by atoms with Crippen molar-refractivity contribution in [3.63, 3.8) is 0 Å². The van der Waals surface area contributed by atoms with Crippen molar-refractivity contribution in [2.75, 3.05) is 10.6 Å². The summed E-state index contributed by atoms with van der Waals surface area (Å²) >= 11 is 6.93. The van der Waals surface area contributed by atoms with Gasteiger partial charge in [0.25, 0.3) is 0 Å². The normalized spacial score (nSPS) is 10.3. The molecule has 0 spiro atoms. The Morgan fingerprint density at radius 2 is 1.52 bits per heavy atom. The van der Waals surface area contributed by atoms with Crippen molar-refractivity contribution in [1.82, 2.24) is 0 Å². The van der Waals surface area contributed by atoms with E-state index in [0.717, 1.165) is 16.3 Å². The number of benzene rings is 3. The van der Waals surface area contributed by atoms with Crippen LogP contribution in [0.25, 0.3) is 0 Å². The van der Waals surface area contributed by atoms with Gasteiger partial charge in [-0.15, -0.1) is 11.8 Å². The van der Waals surface area contributed by atoms with Gasteiger partial charge in [-0.25, -0.2) is 4.39 Å². The standard InChI is InChI=1S/C20H17FN2S2/c21-19-12-5-4-7-15(19)14-25-18-11-6-10-17(13-18)23-20(24)22-16-8-2-1-3-9-16/h1-13H,14H2,(H2,22,23,24). The largest absolute Gasteiger partial charge is 0.332 e. The van der Waals surface area contributed by atoms with Crippen LogP contribution in [0.3, 0.4) is 0 Å². The molecule has 2 N–H and O–H groups in total. The summed E-state index contributed by atoms with van der Waals surface area (Å²) in [7, 11) is 0. The van der Waals surface area contributed by atoms with Gasteiger partial charge in [0.2, 0.25) is 0 Å². The molecule has 0 saturated heterocycles. The van der Waals surface area contributed by atoms with E-state index in [1.807, 2.05) is 66.7 Å². The summed E-state index contributed by atoms with van der Waals surface area (Å²) in [5, 5.41) is 6.84. The average Bonchev–Trinajstić information content (AvgIpc) is 2.62. The van der Waals surface area contributed by atoms with Gasteiger partial charge in [-0.1, -0.05) is 42.5 Å². The summed E-state index contributed by atoms with van der Waals surface area (Å²) in [5.74, 6) is 0.417. The fourth-order valence-corrected chi connectivity index (χ4v) is 3.43. The lowest BCUT2D eigenvalue weighted by atomic mass is 10.2. The Kier molecular flexibility index (Phi) is 6.04. The third-order valence-electron chi connectivity index (χ3n) is 3.48. The monoisotopic (exact) mass is 368 g/mol. The molecule has 5 heteroatoms. The first-order valence-corrected chi connectivity index (χ1v) is 9.19. The molecule has 0 unspecified atom stereocenters. The zero-order valence-corrected chi connectivity index (χ0v) is 15.0. The summed E-state index contributed by atoms with van der Waals surface area (Å²) in [5.41, 5.74) is 2.53. The van der Waals surface area contributed by atoms with Crippen LogP contribution < -0.4 is 10.6 Å². The van der Waals surface area contributed by atoms with E-state index < -0.39 is 0 Å². The van der Waals surface area contributed by atoms with Crippen LogP contribution in [0.2, 0.25) is 0 Å². The minimum Gasteiger partial charge on any atom is -0.332 e. The second-order valence-corrected chi connectivity index (χ2v) is 6.81. The van der Waals surface area contributed by atoms with Crippen LogP contribution in [0, 0.1) is 5.82 Å². The third kappa shape index (κ3) is 5.31. The number of para-hydroxylation sites is 1. The summed E-state index contributed by atoms with van der Waals surface area (Å²) in [6, 6.07) is 24.5. The second kappa shape index (κ2) is 8.65. The molecule has 0 radical (unpaired) electrons. The van der Waals surface area contributed by atoms with Crippen LogP contribution in [0.1, 0.15) is 5.56 Å². The molecule has 0 aliphatic carbocycles. The Hall–Kier alpha value is -2.37. The molecule has 0 bridgehead atoms. The van der Waals surface area contributed by atoms with Gasteiger partial charge in [0, 0.05) is 22.0 Å². The first-order valence-electron chi connectivity index (χ1n) is 7.80. The molecule has 0 aromatic heterocycles. The summed E-state index contributed by atoms with van der Waals surface area (Å²) in [6.45, 7) is 0. The van der Waals surface area contributed by atoms with Crippen molar-refractivity contribution in [2.24, 2.45) is 0 Å². The summed E-state index contributed by atoms with van der Waals surface area (Å²) in [4.78, 5) is 1.05. The number of thiocarbonyl (C=S) groups is 1. The fourth-order valence-electron chi connectivity index (χ4n) is 2.26. The lowest BCUT2D eigenvalue weighted by molar-refractivity contribution is 0.617. The van der Waals surface area contributed by atoms with E-state index in [9.17, 15) is 4.39 Å². The molecule has 0 amide bonds. The molecular weight excluding hydrogens is 351 g/mol. The lowest BCUT2D eigenvalue weighted by Crippen LogP contribution is -2.18. The minimum absolute atomic E-state index is 0.169. The molecule has 25 heavy (non-hydrogen) atoms. The van der Waals surface area contributed by atoms with Gasteiger partial charge in [0.05, 0.1) is 0 Å². The molecule has 2 nitrogen and oxygen atoms in total. The van der Waals surface area contributed by atoms with E-state index >= 15 is 0 Å². The van der Waals surface area contributed by atoms with Crippen molar-refractivity contribution < 1.29 is 4.39 Å². The maximum absolute atomic E-state index is 13.7. The first kappa shape index (κ1) is 17.5. The maximum Gasteiger partial charge on any atom is 0.175 e. The van der Waals surface area contributed by atoms with Crippen LogP contribution in [0.4, 0.5) is 15.8 Å². The minimum atomic E-state index is -0.169. The molecule has 3 aromatic carbocycles. The van der Waals surface area contributed by atoms with E-state index in [1.165, 1.54) is 6.07 Å². The van der Waals surface area contributed by atoms with Crippen LogP contribution in [-0.2, 0) is 5.75 Å². The predicted molar refractivity (Wildman–Crippen MR) is 109 cm³/mol. The van der Waals surface area contributed by atoms with Crippen molar-refractivity contribution in [1.29, 1.82) is 0 Å². The zero-order valence-electron chi connectivity index (χ0n) is 13.4. The molecular formula is C20H17FN2S2. The van der Waals surface area contributed by atoms with Gasteiger partial charge in [-0.3, -0.25) is 0 Å². The van der Waals surface area contributed by atoms with E-state index in [2.05, 4.69) is 10.6 Å². The Bertz CT molecular complexity index is 853. The Labute approximate surface area is 156 Å². The number of anilines is 2. The lowest BCUT2D eigenvalue weighted by Gasteiger charge is -2.11. The van der Waals surface area contributed by atoms with Crippen LogP contribution in [0.5, 0.6) is 0 Å². The number of nitrogens with one attached hydrogen (secondary N) is 2. The van der Waals surface area contributed by atoms with E-state index in [4.69, 9.17) is 12.2 Å². The highest BCUT2D eigenvalue weighted by Crippen LogP contribution is 2.26. The van der Waals surface area contributed by atoms with Gasteiger partial charge < -0.3 is 10.6 Å². The van der Waals surface area contributed by atoms with Gasteiger partial charge in [0.1, 0.15) is 5.82 Å². The SMILES string of the molecule is Fc1ccccc1CSc1cccc(NC(=S)Nc2ccccc2)c1. The predicted octanol–water partition coefficient (Wildman–Crippen LogP) is 5.93. The Morgan fingerprint density at radius 1 is 0.840 bits per heavy atom. The molecule has 3 aromatic rings. The van der Waals surface area contributed by atoms with Gasteiger partial charge >= 0.3 is 0 Å². The number of hydrogen-bond donors (Lipinski definition) is 2. The smallest absolute Gasteiger partial charge is 0.175 e. The van der Waals surface area contributed by atoms with Crippen LogP contribution >= 0.6 is 24.0 Å². The Morgan fingerprint density at radius 3 is 2.32 bits per heavy atom. The van der Waals surface area contributed by atoms with Gasteiger partial charge in [-0.2, -0.15) is 0 Å². The quantitative estimate of drug-likeness (QED) is 0.431.